The molecule has 0 bridgehead atoms. The van der Waals surface area contributed by atoms with Crippen LogP contribution in [0.4, 0.5) is 0 Å². The average Bonchev–Trinajstić information content (AvgIpc) is 2.90. The van der Waals surface area contributed by atoms with Crippen molar-refractivity contribution in [2.24, 2.45) is 0 Å². The van der Waals surface area contributed by atoms with Gasteiger partial charge in [0.05, 0.1) is 0 Å². The third-order valence-electron chi connectivity index (χ3n) is 2.73. The van der Waals surface area contributed by atoms with Gasteiger partial charge in [-0.05, 0) is 16.7 Å². The van der Waals surface area contributed by atoms with E-state index in [0.29, 0.717) is 0 Å². The van der Waals surface area contributed by atoms with Gasteiger partial charge >= 0.3 is 18.9 Å². The zero-order valence-corrected chi connectivity index (χ0v) is 12.0. The normalized spacial score (nSPS) is 10.7. The van der Waals surface area contributed by atoms with E-state index in [1.807, 2.05) is 0 Å². The predicted molar refractivity (Wildman–Crippen MR) is 77.9 cm³/mol. The van der Waals surface area contributed by atoms with Crippen LogP contribution >= 0.6 is 15.7 Å². The summed E-state index contributed by atoms with van der Waals surface area (Å²) in [5.74, 6) is 2.32. The van der Waals surface area contributed by atoms with Gasteiger partial charge in [-0.2, -0.15) is 5.30 Å². The minimum absolute atomic E-state index is 0. The van der Waals surface area contributed by atoms with Gasteiger partial charge in [-0.1, -0.05) is 66.5 Å². The van der Waals surface area contributed by atoms with E-state index in [0.717, 1.165) is 0 Å². The van der Waals surface area contributed by atoms with Crippen molar-refractivity contribution in [3.05, 3.63) is 66.5 Å². The van der Waals surface area contributed by atoms with Crippen molar-refractivity contribution >= 4 is 15.7 Å². The van der Waals surface area contributed by atoms with E-state index in [1.165, 1.54) is 37.7 Å². The molecule has 3 rings (SSSR count). The molecule has 18 heavy (non-hydrogen) atoms. The van der Waals surface area contributed by atoms with Gasteiger partial charge in [0, 0.05) is 0 Å². The van der Waals surface area contributed by atoms with Gasteiger partial charge in [-0.15, -0.1) is 0 Å². The molecule has 0 spiro atoms. The molecule has 0 amide bonds. The second kappa shape index (κ2) is 6.42. The van der Waals surface area contributed by atoms with E-state index >= 15 is 0 Å². The summed E-state index contributed by atoms with van der Waals surface area (Å²) in [5, 5.41) is 1.44. The molecule has 0 aliphatic heterocycles. The Morgan fingerprint density at radius 1 is 0.722 bits per heavy atom. The summed E-state index contributed by atoms with van der Waals surface area (Å²) in [6.45, 7) is 0. The second-order valence-electron chi connectivity index (χ2n) is 3.84. The summed E-state index contributed by atoms with van der Waals surface area (Å²) in [5.41, 5.74) is 4.05. The Labute approximate surface area is 123 Å². The molecule has 3 aromatic rings. The monoisotopic (exact) mass is 260 g/mol. The molecule has 0 radical (unpaired) electrons. The minimum Gasteiger partial charge on any atom is -0.488 e. The van der Waals surface area contributed by atoms with E-state index in [1.54, 1.807) is 0 Å². The molecule has 0 N–H and O–H groups in total. The van der Waals surface area contributed by atoms with Crippen molar-refractivity contribution in [3.63, 3.8) is 0 Å². The van der Waals surface area contributed by atoms with E-state index in [2.05, 4.69) is 66.5 Å². The zero-order chi connectivity index (χ0) is 11.5. The summed E-state index contributed by atoms with van der Waals surface area (Å²) in [6.07, 6.45) is 0. The van der Waals surface area contributed by atoms with Gasteiger partial charge in [-0.3, -0.25) is 7.87 Å². The molecule has 0 aliphatic carbocycles. The maximum absolute atomic E-state index is 2.32. The summed E-state index contributed by atoms with van der Waals surface area (Å²) in [6, 6.07) is 21.3. The summed E-state index contributed by atoms with van der Waals surface area (Å²) in [4.78, 5) is 0. The molecular formula is C15H11LiP2. The molecule has 0 nitrogen and oxygen atoms in total. The van der Waals surface area contributed by atoms with Gasteiger partial charge < -0.3 is 7.87 Å². The fourth-order valence-corrected chi connectivity index (χ4v) is 4.67. The van der Waals surface area contributed by atoms with Gasteiger partial charge in [0.25, 0.3) is 0 Å². The van der Waals surface area contributed by atoms with Crippen molar-refractivity contribution in [2.75, 3.05) is 0 Å². The Bertz CT molecular complexity index is 549. The Balaban J connectivity index is 0.00000120. The van der Waals surface area contributed by atoms with Gasteiger partial charge in [-0.25, -0.2) is 0 Å². The topological polar surface area (TPSA) is 0 Å². The summed E-state index contributed by atoms with van der Waals surface area (Å²) < 4.78 is 0. The fraction of sp³-hybridized carbons (Fsp3) is 0. The van der Waals surface area contributed by atoms with Crippen LogP contribution in [0.5, 0.6) is 0 Å². The first-order chi connectivity index (χ1) is 8.45. The number of rotatable bonds is 2. The molecule has 0 unspecified atom stereocenters. The average molecular weight is 260 g/mol. The van der Waals surface area contributed by atoms with Crippen LogP contribution in [-0.2, 0) is 0 Å². The first-order valence-corrected chi connectivity index (χ1v) is 8.11. The van der Waals surface area contributed by atoms with Crippen LogP contribution < -0.4 is 18.9 Å². The molecule has 0 saturated heterocycles. The minimum atomic E-state index is 0. The predicted octanol–water partition coefficient (Wildman–Crippen LogP) is 2.90. The molecule has 0 saturated carbocycles. The van der Waals surface area contributed by atoms with Crippen LogP contribution in [0.3, 0.4) is 0 Å². The molecule has 3 heteroatoms. The largest absolute Gasteiger partial charge is 1.00 e. The van der Waals surface area contributed by atoms with Crippen LogP contribution in [-0.4, -0.2) is 0 Å². The van der Waals surface area contributed by atoms with E-state index in [-0.39, 0.29) is 18.9 Å². The van der Waals surface area contributed by atoms with Crippen LogP contribution in [0.25, 0.3) is 22.0 Å². The molecular weight excluding hydrogens is 249 g/mol. The van der Waals surface area contributed by atoms with Crippen molar-refractivity contribution in [2.45, 2.75) is 0 Å². The first kappa shape index (κ1) is 13.7. The Morgan fingerprint density at radius 3 is 1.89 bits per heavy atom. The molecule has 2 aromatic carbocycles. The van der Waals surface area contributed by atoms with Crippen LogP contribution in [0.1, 0.15) is 0 Å². The number of benzene rings is 2. The smallest absolute Gasteiger partial charge is 0.488 e. The number of hydrogen-bond acceptors (Lipinski definition) is 0. The molecule has 1 heterocycles. The molecule has 82 valence electrons. The van der Waals surface area contributed by atoms with Gasteiger partial charge in [0.2, 0.25) is 0 Å². The molecule has 0 aliphatic rings. The third kappa shape index (κ3) is 2.80. The van der Waals surface area contributed by atoms with Gasteiger partial charge in [0.1, 0.15) is 0 Å². The maximum Gasteiger partial charge on any atom is 1.00 e. The van der Waals surface area contributed by atoms with Gasteiger partial charge in [0.15, 0.2) is 0 Å². The SMILES string of the molecule is [Li+].c1ccc(-c2cp[p-]c2-c2ccccc2)cc1. The van der Waals surface area contributed by atoms with E-state index in [9.17, 15) is 0 Å². The Morgan fingerprint density at radius 2 is 1.28 bits per heavy atom. The molecule has 0 atom stereocenters. The standard InChI is InChI=1S/C15H11P2.Li/c1-3-7-12(8-4-1)14-11-16-17-15(14)13-9-5-2-6-10-13;/h1-11H;/q-1;+1. The zero-order valence-electron chi connectivity index (χ0n) is 10.2. The van der Waals surface area contributed by atoms with Crippen molar-refractivity contribution in [3.8, 4) is 22.0 Å². The Kier molecular flexibility index (Phi) is 4.88. The number of hydrogen-bond donors (Lipinski definition) is 0. The third-order valence-corrected chi connectivity index (χ3v) is 5.21. The van der Waals surface area contributed by atoms with Crippen molar-refractivity contribution in [1.82, 2.24) is 0 Å². The van der Waals surface area contributed by atoms with E-state index in [4.69, 9.17) is 0 Å². The first-order valence-electron chi connectivity index (χ1n) is 5.54. The molecule has 1 aromatic heterocycles. The Hall–Kier alpha value is -0.753. The van der Waals surface area contributed by atoms with Crippen LogP contribution in [0.2, 0.25) is 0 Å². The summed E-state index contributed by atoms with van der Waals surface area (Å²) >= 11 is 0. The fourth-order valence-electron chi connectivity index (χ4n) is 1.90. The van der Waals surface area contributed by atoms with Crippen LogP contribution in [0.15, 0.2) is 66.5 Å². The van der Waals surface area contributed by atoms with E-state index < -0.39 is 0 Å². The maximum atomic E-state index is 2.32. The quantitative estimate of drug-likeness (QED) is 0.621. The summed E-state index contributed by atoms with van der Waals surface area (Å²) in [7, 11) is 2.76. The second-order valence-corrected chi connectivity index (χ2v) is 6.27. The van der Waals surface area contributed by atoms with Crippen molar-refractivity contribution in [1.29, 1.82) is 0 Å². The van der Waals surface area contributed by atoms with Crippen molar-refractivity contribution < 1.29 is 18.9 Å². The van der Waals surface area contributed by atoms with Crippen LogP contribution in [0, 0.1) is 0 Å². The molecule has 0 fully saturated rings.